The first kappa shape index (κ1) is 19.2. The molecule has 0 radical (unpaired) electrons. The van der Waals surface area contributed by atoms with Gasteiger partial charge >= 0.3 is 0 Å². The molecule has 0 saturated carbocycles. The number of fused-ring (bicyclic) bond motifs is 2. The minimum Gasteiger partial charge on any atom is -0.328 e. The van der Waals surface area contributed by atoms with Crippen LogP contribution in [0.3, 0.4) is 0 Å². The number of pyridine rings is 1. The summed E-state index contributed by atoms with van der Waals surface area (Å²) in [6.45, 7) is 4.16. The predicted molar refractivity (Wildman–Crippen MR) is 113 cm³/mol. The van der Waals surface area contributed by atoms with E-state index in [1.54, 1.807) is 31.2 Å². The Bertz CT molecular complexity index is 1330. The number of hydrogen-bond acceptors (Lipinski definition) is 4. The number of hydrogen-bond donors (Lipinski definition) is 1. The number of nitriles is 1. The van der Waals surface area contributed by atoms with Gasteiger partial charge in [0, 0.05) is 23.5 Å². The van der Waals surface area contributed by atoms with E-state index in [1.807, 2.05) is 6.07 Å². The second-order valence-electron chi connectivity index (χ2n) is 7.30. The van der Waals surface area contributed by atoms with Crippen molar-refractivity contribution in [2.75, 3.05) is 10.8 Å². The summed E-state index contributed by atoms with van der Waals surface area (Å²) in [4.78, 5) is 15.0. The average Bonchev–Trinajstić information content (AvgIpc) is 3.15. The van der Waals surface area contributed by atoms with Gasteiger partial charge in [-0.3, -0.25) is 9.10 Å². The number of anilines is 1. The van der Waals surface area contributed by atoms with Crippen molar-refractivity contribution in [2.24, 2.45) is 0 Å². The van der Waals surface area contributed by atoms with E-state index in [9.17, 15) is 18.5 Å². The summed E-state index contributed by atoms with van der Waals surface area (Å²) in [5, 5.41) is 10.2. The van der Waals surface area contributed by atoms with Crippen LogP contribution in [0.15, 0.2) is 46.2 Å². The monoisotopic (exact) mass is 407 g/mol. The van der Waals surface area contributed by atoms with Gasteiger partial charge in [0.05, 0.1) is 22.2 Å². The number of aromatic amines is 1. The first-order valence-electron chi connectivity index (χ1n) is 9.58. The molecule has 0 atom stereocenters. The van der Waals surface area contributed by atoms with E-state index in [-0.39, 0.29) is 10.5 Å². The van der Waals surface area contributed by atoms with Gasteiger partial charge in [-0.15, -0.1) is 0 Å². The lowest BCUT2D eigenvalue weighted by molar-refractivity contribution is 0.593. The highest BCUT2D eigenvalue weighted by Gasteiger charge is 2.34. The minimum absolute atomic E-state index is 0.117. The van der Waals surface area contributed by atoms with E-state index in [0.717, 1.165) is 24.0 Å². The van der Waals surface area contributed by atoms with Crippen molar-refractivity contribution in [3.8, 4) is 6.07 Å². The van der Waals surface area contributed by atoms with Crippen molar-refractivity contribution in [3.63, 3.8) is 0 Å². The molecule has 0 saturated heterocycles. The van der Waals surface area contributed by atoms with E-state index in [1.165, 1.54) is 10.5 Å². The number of sulfonamides is 1. The van der Waals surface area contributed by atoms with Crippen LogP contribution in [-0.4, -0.2) is 19.9 Å². The molecule has 3 aromatic rings. The molecule has 1 aromatic heterocycles. The van der Waals surface area contributed by atoms with Gasteiger partial charge < -0.3 is 4.98 Å². The van der Waals surface area contributed by atoms with Gasteiger partial charge in [-0.1, -0.05) is 19.4 Å². The molecule has 1 N–H and O–H groups in total. The lowest BCUT2D eigenvalue weighted by Crippen LogP contribution is -2.29. The second-order valence-corrected chi connectivity index (χ2v) is 9.13. The van der Waals surface area contributed by atoms with Crippen molar-refractivity contribution in [1.82, 2.24) is 4.98 Å². The number of nitrogens with one attached hydrogen (secondary N) is 1. The van der Waals surface area contributed by atoms with Crippen molar-refractivity contribution in [3.05, 3.63) is 69.1 Å². The first-order chi connectivity index (χ1) is 13.9. The molecule has 2 heterocycles. The minimum atomic E-state index is -3.90. The molecule has 2 aromatic carbocycles. The topological polar surface area (TPSA) is 94.0 Å². The molecule has 0 spiro atoms. The number of benzene rings is 2. The Morgan fingerprint density at radius 3 is 2.79 bits per heavy atom. The summed E-state index contributed by atoms with van der Waals surface area (Å²) >= 11 is 0. The Kier molecular flexibility index (Phi) is 4.67. The maximum atomic E-state index is 13.7. The highest BCUT2D eigenvalue weighted by molar-refractivity contribution is 7.93. The molecule has 6 nitrogen and oxygen atoms in total. The molecule has 0 bridgehead atoms. The van der Waals surface area contributed by atoms with Crippen LogP contribution in [0, 0.1) is 18.3 Å². The number of rotatable bonds is 4. The molecule has 29 heavy (non-hydrogen) atoms. The normalized spacial score (nSPS) is 13.5. The lowest BCUT2D eigenvalue weighted by atomic mass is 9.98. The molecular weight excluding hydrogens is 386 g/mol. The van der Waals surface area contributed by atoms with Crippen molar-refractivity contribution in [2.45, 2.75) is 38.0 Å². The summed E-state index contributed by atoms with van der Waals surface area (Å²) in [6, 6.07) is 10.4. The van der Waals surface area contributed by atoms with Gasteiger partial charge in [0.25, 0.3) is 15.6 Å². The maximum absolute atomic E-state index is 13.7. The Morgan fingerprint density at radius 1 is 1.28 bits per heavy atom. The van der Waals surface area contributed by atoms with Crippen LogP contribution in [0.4, 0.5) is 5.69 Å². The third-order valence-corrected chi connectivity index (χ3v) is 7.31. The zero-order chi connectivity index (χ0) is 20.8. The van der Waals surface area contributed by atoms with Crippen LogP contribution in [0.1, 0.15) is 35.6 Å². The van der Waals surface area contributed by atoms with Crippen LogP contribution in [0.25, 0.3) is 10.8 Å². The fourth-order valence-corrected chi connectivity index (χ4v) is 5.92. The van der Waals surface area contributed by atoms with Crippen molar-refractivity contribution < 1.29 is 8.42 Å². The molecule has 148 valence electrons. The van der Waals surface area contributed by atoms with Gasteiger partial charge in [-0.2, -0.15) is 5.26 Å². The van der Waals surface area contributed by atoms with Crippen molar-refractivity contribution >= 4 is 26.5 Å². The predicted octanol–water partition coefficient (Wildman–Crippen LogP) is 3.41. The number of nitrogens with zero attached hydrogens (tertiary/aromatic N) is 2. The summed E-state index contributed by atoms with van der Waals surface area (Å²) in [5.74, 6) is 0. The lowest BCUT2D eigenvalue weighted by Gasteiger charge is -2.21. The Balaban J connectivity index is 1.94. The van der Waals surface area contributed by atoms with Crippen LogP contribution in [-0.2, 0) is 22.9 Å². The first-order valence-corrected chi connectivity index (χ1v) is 11.0. The standard InChI is InChI=1S/C22H21N3O3S/c1-3-5-16-10-15(12-23)11-19-17(16)8-9-25(19)29(27,28)20-7-4-6-18-21(20)14(2)13-24-22(18)26/h4,6-7,10-11,13H,3,5,8-9H2,1-2H3,(H,24,26). The highest BCUT2D eigenvalue weighted by Crippen LogP contribution is 2.38. The molecular formula is C22H21N3O3S. The molecule has 1 aliphatic heterocycles. The largest absolute Gasteiger partial charge is 0.328 e. The summed E-state index contributed by atoms with van der Waals surface area (Å²) < 4.78 is 28.7. The van der Waals surface area contributed by atoms with E-state index in [2.05, 4.69) is 18.0 Å². The molecule has 0 amide bonds. The average molecular weight is 407 g/mol. The Labute approximate surface area is 169 Å². The Hall–Kier alpha value is -3.11. The smallest absolute Gasteiger partial charge is 0.264 e. The molecule has 4 rings (SSSR count). The van der Waals surface area contributed by atoms with Crippen LogP contribution in [0.2, 0.25) is 0 Å². The number of aromatic nitrogens is 1. The van der Waals surface area contributed by atoms with Gasteiger partial charge in [0.2, 0.25) is 0 Å². The molecule has 0 unspecified atom stereocenters. The fraction of sp³-hybridized carbons (Fsp3) is 0.273. The number of H-pyrrole nitrogens is 1. The summed E-state index contributed by atoms with van der Waals surface area (Å²) in [6.07, 6.45) is 3.86. The van der Waals surface area contributed by atoms with E-state index in [4.69, 9.17) is 0 Å². The van der Waals surface area contributed by atoms with Gasteiger partial charge in [-0.25, -0.2) is 8.42 Å². The third kappa shape index (κ3) is 3.00. The highest BCUT2D eigenvalue weighted by atomic mass is 32.2. The summed E-state index contributed by atoms with van der Waals surface area (Å²) in [7, 11) is -3.90. The van der Waals surface area contributed by atoms with Crippen molar-refractivity contribution in [1.29, 1.82) is 5.26 Å². The van der Waals surface area contributed by atoms with Crippen LogP contribution in [0.5, 0.6) is 0 Å². The fourth-order valence-electron chi connectivity index (χ4n) is 4.15. The molecule has 0 aliphatic carbocycles. The number of aryl methyl sites for hydroxylation is 2. The van der Waals surface area contributed by atoms with E-state index in [0.29, 0.717) is 40.6 Å². The second kappa shape index (κ2) is 7.05. The maximum Gasteiger partial charge on any atom is 0.264 e. The third-order valence-electron chi connectivity index (χ3n) is 5.45. The molecule has 7 heteroatoms. The van der Waals surface area contributed by atoms with E-state index < -0.39 is 10.0 Å². The zero-order valence-electron chi connectivity index (χ0n) is 16.3. The SMILES string of the molecule is CCCc1cc(C#N)cc2c1CCN2S(=O)(=O)c1cccc2c(=O)[nH]cc(C)c12. The van der Waals surface area contributed by atoms with Crippen LogP contribution < -0.4 is 9.86 Å². The molecule has 1 aliphatic rings. The van der Waals surface area contributed by atoms with E-state index >= 15 is 0 Å². The van der Waals surface area contributed by atoms with Gasteiger partial charge in [-0.05, 0) is 60.7 Å². The quantitative estimate of drug-likeness (QED) is 0.717. The zero-order valence-corrected chi connectivity index (χ0v) is 17.1. The van der Waals surface area contributed by atoms with Gasteiger partial charge in [0.15, 0.2) is 0 Å². The molecule has 0 fully saturated rings. The van der Waals surface area contributed by atoms with Gasteiger partial charge in [0.1, 0.15) is 0 Å². The Morgan fingerprint density at radius 2 is 2.07 bits per heavy atom. The summed E-state index contributed by atoms with van der Waals surface area (Å²) in [5.41, 5.74) is 3.43. The van der Waals surface area contributed by atoms with Crippen LogP contribution >= 0.6 is 0 Å².